The van der Waals surface area contributed by atoms with Crippen LogP contribution in [0.2, 0.25) is 5.02 Å². The first kappa shape index (κ1) is 16.2. The SMILES string of the molecule is NC(=O)OCCNS(=O)(=O)c1ccc(C(=O)O)c(Cl)c1. The van der Waals surface area contributed by atoms with Gasteiger partial charge in [-0.25, -0.2) is 22.7 Å². The molecule has 0 unspecified atom stereocenters. The summed E-state index contributed by atoms with van der Waals surface area (Å²) < 4.78 is 30.1. The normalized spacial score (nSPS) is 11.1. The van der Waals surface area contributed by atoms with Crippen LogP contribution in [-0.4, -0.2) is 38.7 Å². The molecule has 4 N–H and O–H groups in total. The summed E-state index contributed by atoms with van der Waals surface area (Å²) in [4.78, 5) is 20.8. The van der Waals surface area contributed by atoms with Gasteiger partial charge in [-0.2, -0.15) is 0 Å². The third-order valence-corrected chi connectivity index (χ3v) is 3.89. The van der Waals surface area contributed by atoms with E-state index < -0.39 is 22.1 Å². The zero-order valence-corrected chi connectivity index (χ0v) is 11.6. The second kappa shape index (κ2) is 6.55. The predicted molar refractivity (Wildman–Crippen MR) is 69.1 cm³/mol. The summed E-state index contributed by atoms with van der Waals surface area (Å²) in [7, 11) is -3.88. The van der Waals surface area contributed by atoms with Crippen LogP contribution in [0.5, 0.6) is 0 Å². The number of sulfonamides is 1. The summed E-state index contributed by atoms with van der Waals surface area (Å²) in [6.07, 6.45) is -1.02. The third kappa shape index (κ3) is 4.37. The van der Waals surface area contributed by atoms with E-state index in [2.05, 4.69) is 9.46 Å². The van der Waals surface area contributed by atoms with Crippen molar-refractivity contribution < 1.29 is 27.9 Å². The van der Waals surface area contributed by atoms with E-state index >= 15 is 0 Å². The molecule has 0 fully saturated rings. The van der Waals surface area contributed by atoms with Crippen molar-refractivity contribution >= 4 is 33.7 Å². The highest BCUT2D eigenvalue weighted by atomic mass is 35.5. The average molecular weight is 323 g/mol. The van der Waals surface area contributed by atoms with Gasteiger partial charge in [-0.1, -0.05) is 11.6 Å². The fraction of sp³-hybridized carbons (Fsp3) is 0.200. The number of ether oxygens (including phenoxy) is 1. The van der Waals surface area contributed by atoms with Gasteiger partial charge in [-0.3, -0.25) is 0 Å². The molecule has 0 radical (unpaired) electrons. The number of nitrogens with one attached hydrogen (secondary N) is 1. The van der Waals surface area contributed by atoms with E-state index in [4.69, 9.17) is 22.4 Å². The van der Waals surface area contributed by atoms with E-state index in [9.17, 15) is 18.0 Å². The number of rotatable bonds is 6. The molecule has 110 valence electrons. The number of aromatic carboxylic acids is 1. The molecule has 0 aliphatic rings. The quantitative estimate of drug-likeness (QED) is 0.649. The minimum absolute atomic E-state index is 0.177. The van der Waals surface area contributed by atoms with Crippen molar-refractivity contribution in [3.05, 3.63) is 28.8 Å². The molecule has 0 spiro atoms. The van der Waals surface area contributed by atoms with Crippen molar-refractivity contribution in [2.75, 3.05) is 13.2 Å². The number of halogens is 1. The van der Waals surface area contributed by atoms with Crippen molar-refractivity contribution in [3.8, 4) is 0 Å². The number of carbonyl (C=O) groups excluding carboxylic acids is 1. The van der Waals surface area contributed by atoms with Crippen molar-refractivity contribution in [2.24, 2.45) is 5.73 Å². The Morgan fingerprint density at radius 2 is 2.05 bits per heavy atom. The Labute approximate surface area is 119 Å². The number of amides is 1. The van der Waals surface area contributed by atoms with Gasteiger partial charge in [-0.05, 0) is 18.2 Å². The zero-order valence-electron chi connectivity index (χ0n) is 10.00. The summed E-state index contributed by atoms with van der Waals surface area (Å²) in [6, 6.07) is 3.20. The summed E-state index contributed by atoms with van der Waals surface area (Å²) in [5.41, 5.74) is 4.50. The number of benzene rings is 1. The van der Waals surface area contributed by atoms with E-state index in [0.717, 1.165) is 18.2 Å². The van der Waals surface area contributed by atoms with E-state index in [0.29, 0.717) is 0 Å². The molecule has 0 atom stereocenters. The van der Waals surface area contributed by atoms with Crippen molar-refractivity contribution in [2.45, 2.75) is 4.90 Å². The van der Waals surface area contributed by atoms with Gasteiger partial charge in [0.2, 0.25) is 10.0 Å². The van der Waals surface area contributed by atoms with Crippen LogP contribution >= 0.6 is 11.6 Å². The van der Waals surface area contributed by atoms with E-state index in [-0.39, 0.29) is 28.6 Å². The molecule has 10 heteroatoms. The van der Waals surface area contributed by atoms with Gasteiger partial charge < -0.3 is 15.6 Å². The fourth-order valence-corrected chi connectivity index (χ4v) is 2.61. The molecule has 1 amide bonds. The van der Waals surface area contributed by atoms with Crippen LogP contribution in [-0.2, 0) is 14.8 Å². The average Bonchev–Trinajstić information content (AvgIpc) is 2.34. The standard InChI is InChI=1S/C10H11ClN2O6S/c11-8-5-6(1-2-7(8)9(14)15)20(17,18)13-3-4-19-10(12)16/h1-2,5,13H,3-4H2,(H2,12,16)(H,14,15). The van der Waals surface area contributed by atoms with E-state index in [1.54, 1.807) is 0 Å². The van der Waals surface area contributed by atoms with Gasteiger partial charge in [0.05, 0.1) is 15.5 Å². The molecule has 1 aromatic rings. The minimum atomic E-state index is -3.88. The van der Waals surface area contributed by atoms with Gasteiger partial charge in [0.25, 0.3) is 0 Å². The number of carboxylic acids is 1. The Morgan fingerprint density at radius 3 is 2.55 bits per heavy atom. The van der Waals surface area contributed by atoms with Crippen LogP contribution < -0.4 is 10.5 Å². The van der Waals surface area contributed by atoms with Crippen molar-refractivity contribution in [3.63, 3.8) is 0 Å². The molecule has 0 bridgehead atoms. The molecule has 1 rings (SSSR count). The molecule has 0 aromatic heterocycles. The highest BCUT2D eigenvalue weighted by Crippen LogP contribution is 2.20. The predicted octanol–water partition coefficient (Wildman–Crippen LogP) is 0.412. The van der Waals surface area contributed by atoms with Crippen LogP contribution in [0.1, 0.15) is 10.4 Å². The number of primary amides is 1. The second-order valence-electron chi connectivity index (χ2n) is 3.51. The molecule has 8 nitrogen and oxygen atoms in total. The topological polar surface area (TPSA) is 136 Å². The largest absolute Gasteiger partial charge is 0.478 e. The fourth-order valence-electron chi connectivity index (χ4n) is 1.25. The first-order valence-electron chi connectivity index (χ1n) is 5.19. The molecule has 0 aliphatic heterocycles. The lowest BCUT2D eigenvalue weighted by molar-refractivity contribution is 0.0697. The minimum Gasteiger partial charge on any atom is -0.478 e. The van der Waals surface area contributed by atoms with Crippen molar-refractivity contribution in [1.82, 2.24) is 4.72 Å². The molecule has 0 heterocycles. The van der Waals surface area contributed by atoms with Gasteiger partial charge in [0.15, 0.2) is 0 Å². The maximum atomic E-state index is 11.8. The Hall–Kier alpha value is -1.84. The number of hydrogen-bond donors (Lipinski definition) is 3. The van der Waals surface area contributed by atoms with Gasteiger partial charge in [-0.15, -0.1) is 0 Å². The second-order valence-corrected chi connectivity index (χ2v) is 5.69. The number of hydrogen-bond acceptors (Lipinski definition) is 5. The molecular weight excluding hydrogens is 312 g/mol. The number of carboxylic acid groups (broad SMARTS) is 1. The van der Waals surface area contributed by atoms with Crippen LogP contribution in [0, 0.1) is 0 Å². The van der Waals surface area contributed by atoms with E-state index in [1.165, 1.54) is 0 Å². The molecular formula is C10H11ClN2O6S. The number of nitrogens with two attached hydrogens (primary N) is 1. The lowest BCUT2D eigenvalue weighted by Gasteiger charge is -2.08. The molecule has 20 heavy (non-hydrogen) atoms. The number of carbonyl (C=O) groups is 2. The summed E-state index contributed by atoms with van der Waals surface area (Å²) in [5, 5.41) is 8.57. The maximum Gasteiger partial charge on any atom is 0.404 e. The summed E-state index contributed by atoms with van der Waals surface area (Å²) in [5.74, 6) is -1.26. The smallest absolute Gasteiger partial charge is 0.404 e. The summed E-state index contributed by atoms with van der Waals surface area (Å²) in [6.45, 7) is -0.404. The highest BCUT2D eigenvalue weighted by molar-refractivity contribution is 7.89. The molecule has 0 saturated heterocycles. The van der Waals surface area contributed by atoms with Gasteiger partial charge >= 0.3 is 12.1 Å². The lowest BCUT2D eigenvalue weighted by Crippen LogP contribution is -2.29. The Kier molecular flexibility index (Phi) is 5.31. The molecule has 1 aromatic carbocycles. The highest BCUT2D eigenvalue weighted by Gasteiger charge is 2.17. The Balaban J connectivity index is 2.80. The van der Waals surface area contributed by atoms with Gasteiger partial charge in [0.1, 0.15) is 6.61 Å². The zero-order chi connectivity index (χ0) is 15.3. The first-order chi connectivity index (χ1) is 9.24. The Bertz CT molecular complexity index is 631. The van der Waals surface area contributed by atoms with Crippen LogP contribution in [0.3, 0.4) is 0 Å². The lowest BCUT2D eigenvalue weighted by atomic mass is 10.2. The summed E-state index contributed by atoms with van der Waals surface area (Å²) >= 11 is 5.67. The monoisotopic (exact) mass is 322 g/mol. The van der Waals surface area contributed by atoms with Gasteiger partial charge in [0, 0.05) is 6.54 Å². The molecule has 0 saturated carbocycles. The molecule has 0 aliphatic carbocycles. The van der Waals surface area contributed by atoms with Crippen LogP contribution in [0.25, 0.3) is 0 Å². The van der Waals surface area contributed by atoms with Crippen LogP contribution in [0.4, 0.5) is 4.79 Å². The third-order valence-electron chi connectivity index (χ3n) is 2.12. The van der Waals surface area contributed by atoms with E-state index in [1.807, 2.05) is 0 Å². The first-order valence-corrected chi connectivity index (χ1v) is 7.05. The van der Waals surface area contributed by atoms with Crippen molar-refractivity contribution in [1.29, 1.82) is 0 Å². The Morgan fingerprint density at radius 1 is 1.40 bits per heavy atom. The maximum absolute atomic E-state index is 11.8. The van der Waals surface area contributed by atoms with Crippen LogP contribution in [0.15, 0.2) is 23.1 Å².